The number of fused-ring (bicyclic) bond motifs is 1. The van der Waals surface area contributed by atoms with Gasteiger partial charge in [0.1, 0.15) is 0 Å². The maximum Gasteiger partial charge on any atom is 0.397 e. The lowest BCUT2D eigenvalue weighted by Crippen LogP contribution is -2.33. The van der Waals surface area contributed by atoms with E-state index >= 15 is 0 Å². The number of benzene rings is 2. The van der Waals surface area contributed by atoms with Crippen LogP contribution >= 0.6 is 0 Å². The normalized spacial score (nSPS) is 11.1. The summed E-state index contributed by atoms with van der Waals surface area (Å²) in [6.45, 7) is 0.402. The number of aromatic hydroxyl groups is 1. The molecule has 0 aliphatic heterocycles. The predicted molar refractivity (Wildman–Crippen MR) is 95.1 cm³/mol. The Hall–Kier alpha value is -2.62. The molecule has 0 saturated heterocycles. The van der Waals surface area contributed by atoms with E-state index in [1.54, 1.807) is 18.2 Å². The zero-order valence-corrected chi connectivity index (χ0v) is 15.5. The molecule has 140 valence electrons. The number of aryl methyl sites for hydroxylation is 2. The lowest BCUT2D eigenvalue weighted by Gasteiger charge is -2.06. The molecule has 0 aliphatic rings. The first-order valence-corrected chi connectivity index (χ1v) is 8.97. The van der Waals surface area contributed by atoms with Crippen LogP contribution in [0.5, 0.6) is 11.5 Å². The number of phenols is 1. The van der Waals surface area contributed by atoms with Crippen LogP contribution in [0.2, 0.25) is 0 Å². The summed E-state index contributed by atoms with van der Waals surface area (Å²) in [5.41, 5.74) is 2.32. The van der Waals surface area contributed by atoms with Crippen LogP contribution in [0.1, 0.15) is 5.82 Å². The standard InChI is InChI=1S/C16H16N2O2.CH4O4S/c1-17-12-7-3-4-8-13(12)18(2)16(17)11-20-15-10-6-5-9-14(15)19;1-5-6(2,3)4/h3-10H,11H2,1-2H3;1H3,(H,2,3,4)/p+1. The van der Waals surface area contributed by atoms with Crippen LogP contribution in [0.4, 0.5) is 0 Å². The number of para-hydroxylation sites is 4. The van der Waals surface area contributed by atoms with Gasteiger partial charge in [-0.2, -0.15) is 8.42 Å². The number of hydrogen-bond acceptors (Lipinski definition) is 5. The van der Waals surface area contributed by atoms with E-state index in [0.29, 0.717) is 12.4 Å². The Labute approximate surface area is 151 Å². The van der Waals surface area contributed by atoms with Gasteiger partial charge >= 0.3 is 10.4 Å². The van der Waals surface area contributed by atoms with Gasteiger partial charge in [-0.05, 0) is 24.3 Å². The fraction of sp³-hybridized carbons (Fsp3) is 0.235. The van der Waals surface area contributed by atoms with Gasteiger partial charge in [0.15, 0.2) is 29.1 Å². The highest BCUT2D eigenvalue weighted by Gasteiger charge is 2.20. The van der Waals surface area contributed by atoms with E-state index in [1.807, 2.05) is 32.3 Å². The second-order valence-corrected chi connectivity index (χ2v) is 6.56. The van der Waals surface area contributed by atoms with Crippen LogP contribution in [0.25, 0.3) is 11.0 Å². The second-order valence-electron chi connectivity index (χ2n) is 5.37. The molecule has 2 aromatic carbocycles. The molecule has 1 aromatic heterocycles. The van der Waals surface area contributed by atoms with Gasteiger partial charge < -0.3 is 9.84 Å². The molecule has 0 fully saturated rings. The Morgan fingerprint density at radius 3 is 2.27 bits per heavy atom. The van der Waals surface area contributed by atoms with Gasteiger partial charge in [-0.3, -0.25) is 8.74 Å². The summed E-state index contributed by atoms with van der Waals surface area (Å²) in [4.78, 5) is 0. The van der Waals surface area contributed by atoms with Gasteiger partial charge in [-0.25, -0.2) is 9.13 Å². The smallest absolute Gasteiger partial charge is 0.397 e. The number of nitrogens with zero attached hydrogens (tertiary/aromatic N) is 2. The average Bonchev–Trinajstić information content (AvgIpc) is 2.86. The molecule has 0 spiro atoms. The number of ether oxygens (including phenoxy) is 1. The molecular weight excluding hydrogens is 360 g/mol. The second kappa shape index (κ2) is 8.17. The van der Waals surface area contributed by atoms with Crippen molar-refractivity contribution in [1.82, 2.24) is 4.57 Å². The third-order valence-corrected chi connectivity index (χ3v) is 4.23. The number of imidazole rings is 1. The van der Waals surface area contributed by atoms with Gasteiger partial charge in [-0.15, -0.1) is 0 Å². The van der Waals surface area contributed by atoms with Gasteiger partial charge in [0.25, 0.3) is 5.82 Å². The highest BCUT2D eigenvalue weighted by Crippen LogP contribution is 2.25. The molecule has 3 aromatic rings. The van der Waals surface area contributed by atoms with Crippen molar-refractivity contribution in [3.8, 4) is 11.5 Å². The number of phenolic OH excluding ortho intramolecular Hbond substituents is 1. The minimum absolute atomic E-state index is 0.161. The first kappa shape index (κ1) is 19.7. The summed E-state index contributed by atoms with van der Waals surface area (Å²) >= 11 is 0. The monoisotopic (exact) mass is 381 g/mol. The van der Waals surface area contributed by atoms with E-state index < -0.39 is 10.4 Å². The topological polar surface area (TPSA) is 102 Å². The molecule has 2 N–H and O–H groups in total. The van der Waals surface area contributed by atoms with Gasteiger partial charge in [0, 0.05) is 0 Å². The Bertz CT molecular complexity index is 959. The highest BCUT2D eigenvalue weighted by molar-refractivity contribution is 7.80. The molecule has 0 aliphatic carbocycles. The maximum atomic E-state index is 9.73. The summed E-state index contributed by atoms with van der Waals surface area (Å²) in [5, 5.41) is 9.73. The quantitative estimate of drug-likeness (QED) is 0.527. The molecule has 0 unspecified atom stereocenters. The Kier molecular flexibility index (Phi) is 6.19. The zero-order chi connectivity index (χ0) is 19.3. The van der Waals surface area contributed by atoms with Gasteiger partial charge in [-0.1, -0.05) is 24.3 Å². The molecule has 0 amide bonds. The zero-order valence-electron chi connectivity index (χ0n) is 14.7. The SMILES string of the molecule is COS(=O)(=O)O.Cn1c(COc2ccccc2O)[n+](C)c2ccccc21. The van der Waals surface area contributed by atoms with E-state index in [0.717, 1.165) is 24.0 Å². The molecule has 0 radical (unpaired) electrons. The van der Waals surface area contributed by atoms with Crippen molar-refractivity contribution >= 4 is 21.4 Å². The molecular formula is C17H21N2O6S+. The van der Waals surface area contributed by atoms with Crippen molar-refractivity contribution in [2.24, 2.45) is 14.1 Å². The molecule has 3 rings (SSSR count). The molecule has 0 saturated carbocycles. The number of aromatic nitrogens is 2. The summed E-state index contributed by atoms with van der Waals surface area (Å²) in [5.74, 6) is 1.70. The van der Waals surface area contributed by atoms with Crippen molar-refractivity contribution in [3.05, 3.63) is 54.4 Å². The van der Waals surface area contributed by atoms with E-state index in [9.17, 15) is 13.5 Å². The third-order valence-electron chi connectivity index (χ3n) is 3.81. The van der Waals surface area contributed by atoms with Crippen LogP contribution in [0, 0.1) is 0 Å². The largest absolute Gasteiger partial charge is 0.504 e. The fourth-order valence-corrected chi connectivity index (χ4v) is 2.45. The van der Waals surface area contributed by atoms with E-state index in [1.165, 1.54) is 0 Å². The summed E-state index contributed by atoms with van der Waals surface area (Å²) < 4.78 is 39.6. The summed E-state index contributed by atoms with van der Waals surface area (Å²) in [6, 6.07) is 15.2. The van der Waals surface area contributed by atoms with Crippen LogP contribution in [-0.4, -0.2) is 29.8 Å². The highest BCUT2D eigenvalue weighted by atomic mass is 32.3. The minimum Gasteiger partial charge on any atom is -0.504 e. The Balaban J connectivity index is 0.000000352. The molecule has 26 heavy (non-hydrogen) atoms. The van der Waals surface area contributed by atoms with Crippen molar-refractivity contribution in [2.75, 3.05) is 7.11 Å². The van der Waals surface area contributed by atoms with Crippen molar-refractivity contribution in [2.45, 2.75) is 6.61 Å². The van der Waals surface area contributed by atoms with E-state index in [4.69, 9.17) is 9.29 Å². The van der Waals surface area contributed by atoms with Crippen LogP contribution in [0.3, 0.4) is 0 Å². The number of hydrogen-bond donors (Lipinski definition) is 2. The Morgan fingerprint density at radius 2 is 1.69 bits per heavy atom. The van der Waals surface area contributed by atoms with E-state index in [-0.39, 0.29) is 5.75 Å². The van der Waals surface area contributed by atoms with Gasteiger partial charge in [0.2, 0.25) is 0 Å². The third kappa shape index (κ3) is 4.72. The number of rotatable bonds is 4. The summed E-state index contributed by atoms with van der Waals surface area (Å²) in [7, 11) is 0.748. The molecule has 0 atom stereocenters. The molecule has 0 bridgehead atoms. The van der Waals surface area contributed by atoms with Crippen molar-refractivity contribution < 1.29 is 31.6 Å². The lowest BCUT2D eigenvalue weighted by atomic mass is 10.3. The predicted octanol–water partition coefficient (Wildman–Crippen LogP) is 1.72. The fourth-order valence-electron chi connectivity index (χ4n) is 2.45. The van der Waals surface area contributed by atoms with Gasteiger partial charge in [0.05, 0.1) is 21.2 Å². The summed E-state index contributed by atoms with van der Waals surface area (Å²) in [6.07, 6.45) is 0. The Morgan fingerprint density at radius 1 is 1.12 bits per heavy atom. The molecule has 9 heteroatoms. The van der Waals surface area contributed by atoms with E-state index in [2.05, 4.69) is 25.5 Å². The first-order chi connectivity index (χ1) is 12.2. The van der Waals surface area contributed by atoms with Crippen molar-refractivity contribution in [3.63, 3.8) is 0 Å². The lowest BCUT2D eigenvalue weighted by molar-refractivity contribution is -0.655. The van der Waals surface area contributed by atoms with Crippen molar-refractivity contribution in [1.29, 1.82) is 0 Å². The van der Waals surface area contributed by atoms with Crippen LogP contribution in [-0.2, 0) is 35.3 Å². The molecule has 8 nitrogen and oxygen atoms in total. The minimum atomic E-state index is -4.16. The molecule has 1 heterocycles. The first-order valence-electron chi connectivity index (χ1n) is 7.60. The average molecular weight is 381 g/mol. The maximum absolute atomic E-state index is 9.73. The van der Waals surface area contributed by atoms with Crippen LogP contribution < -0.4 is 9.30 Å². The van der Waals surface area contributed by atoms with Crippen LogP contribution in [0.15, 0.2) is 48.5 Å².